The smallest absolute Gasteiger partial charge is 0.265 e. The van der Waals surface area contributed by atoms with E-state index in [0.717, 1.165) is 0 Å². The van der Waals surface area contributed by atoms with Crippen LogP contribution in [0.3, 0.4) is 0 Å². The van der Waals surface area contributed by atoms with Gasteiger partial charge in [0.1, 0.15) is 5.75 Å². The van der Waals surface area contributed by atoms with Gasteiger partial charge < -0.3 is 5.11 Å². The third kappa shape index (κ3) is 1.83. The Kier molecular flexibility index (Phi) is 2.61. The number of carbonyl (C=O) groups is 2. The van der Waals surface area contributed by atoms with Gasteiger partial charge in [-0.3, -0.25) is 15.0 Å². The number of hydrogen-bond acceptors (Lipinski definition) is 4. The van der Waals surface area contributed by atoms with Crippen LogP contribution in [0, 0.1) is 0 Å². The molecule has 1 aromatic rings. The zero-order valence-corrected chi connectivity index (χ0v) is 6.65. The lowest BCUT2D eigenvalue weighted by molar-refractivity contribution is 0.0948. The van der Waals surface area contributed by atoms with Gasteiger partial charge in [-0.15, -0.1) is 0 Å². The fourth-order valence-corrected chi connectivity index (χ4v) is 0.932. The molecular formula is C8H8N2O3. The molecule has 1 rings (SSSR count). The van der Waals surface area contributed by atoms with Gasteiger partial charge in [-0.05, 0) is 18.2 Å². The van der Waals surface area contributed by atoms with Crippen molar-refractivity contribution in [2.24, 2.45) is 5.84 Å². The number of nitrogen functional groups attached to an aromatic ring is 1. The lowest BCUT2D eigenvalue weighted by Crippen LogP contribution is -2.30. The molecule has 0 aliphatic carbocycles. The van der Waals surface area contributed by atoms with E-state index in [1.807, 2.05) is 5.43 Å². The molecule has 0 saturated heterocycles. The number of benzene rings is 1. The first-order valence-corrected chi connectivity index (χ1v) is 3.48. The number of hydrogen-bond donors (Lipinski definition) is 3. The summed E-state index contributed by atoms with van der Waals surface area (Å²) in [4.78, 5) is 21.5. The lowest BCUT2D eigenvalue weighted by atomic mass is 10.1. The van der Waals surface area contributed by atoms with Crippen molar-refractivity contribution < 1.29 is 14.7 Å². The fourth-order valence-electron chi connectivity index (χ4n) is 0.932. The standard InChI is InChI=1S/C8H8N2O3/c9-10-8(13)7-2-1-6(12)3-5(7)4-11/h1-4,12H,9H2,(H,10,13). The Morgan fingerprint density at radius 2 is 2.23 bits per heavy atom. The van der Waals surface area contributed by atoms with E-state index in [4.69, 9.17) is 10.9 Å². The number of aromatic hydroxyl groups is 1. The van der Waals surface area contributed by atoms with Gasteiger partial charge in [-0.1, -0.05) is 0 Å². The summed E-state index contributed by atoms with van der Waals surface area (Å²) in [5.74, 6) is 4.25. The summed E-state index contributed by atoms with van der Waals surface area (Å²) in [6, 6.07) is 3.82. The van der Waals surface area contributed by atoms with Crippen LogP contribution in [0.25, 0.3) is 0 Å². The predicted molar refractivity (Wildman–Crippen MR) is 45.1 cm³/mol. The molecule has 0 aliphatic rings. The quantitative estimate of drug-likeness (QED) is 0.254. The molecule has 4 N–H and O–H groups in total. The van der Waals surface area contributed by atoms with Crippen molar-refractivity contribution in [3.05, 3.63) is 29.3 Å². The first kappa shape index (κ1) is 9.21. The molecule has 68 valence electrons. The van der Waals surface area contributed by atoms with Gasteiger partial charge in [-0.25, -0.2) is 5.84 Å². The van der Waals surface area contributed by atoms with E-state index in [0.29, 0.717) is 6.29 Å². The number of rotatable bonds is 2. The highest BCUT2D eigenvalue weighted by Gasteiger charge is 2.09. The molecule has 5 heteroatoms. The summed E-state index contributed by atoms with van der Waals surface area (Å²) >= 11 is 0. The Labute approximate surface area is 74.1 Å². The number of phenols is 1. The van der Waals surface area contributed by atoms with Crippen LogP contribution in [0.5, 0.6) is 5.75 Å². The maximum Gasteiger partial charge on any atom is 0.265 e. The highest BCUT2D eigenvalue weighted by molar-refractivity contribution is 6.01. The summed E-state index contributed by atoms with van der Waals surface area (Å²) in [7, 11) is 0. The van der Waals surface area contributed by atoms with Gasteiger partial charge in [0.05, 0.1) is 5.56 Å². The maximum absolute atomic E-state index is 11.0. The topological polar surface area (TPSA) is 92.4 Å². The van der Waals surface area contributed by atoms with Crippen molar-refractivity contribution >= 4 is 12.2 Å². The summed E-state index contributed by atoms with van der Waals surface area (Å²) in [5, 5.41) is 9.00. The van der Waals surface area contributed by atoms with Gasteiger partial charge in [-0.2, -0.15) is 0 Å². The van der Waals surface area contributed by atoms with Crippen LogP contribution in [0.15, 0.2) is 18.2 Å². The second-order valence-corrected chi connectivity index (χ2v) is 2.36. The van der Waals surface area contributed by atoms with Crippen LogP contribution < -0.4 is 11.3 Å². The third-order valence-electron chi connectivity index (χ3n) is 1.54. The minimum atomic E-state index is -0.567. The molecule has 0 aliphatic heterocycles. The van der Waals surface area contributed by atoms with Crippen LogP contribution in [0.2, 0.25) is 0 Å². The van der Waals surface area contributed by atoms with E-state index in [2.05, 4.69) is 0 Å². The number of aldehydes is 1. The normalized spacial score (nSPS) is 9.31. The van der Waals surface area contributed by atoms with Gasteiger partial charge in [0, 0.05) is 5.56 Å². The molecule has 0 heterocycles. The van der Waals surface area contributed by atoms with Crippen molar-refractivity contribution in [2.75, 3.05) is 0 Å². The first-order valence-electron chi connectivity index (χ1n) is 3.48. The number of amides is 1. The number of hydrazine groups is 1. The summed E-state index contributed by atoms with van der Waals surface area (Å²) in [6.45, 7) is 0. The van der Waals surface area contributed by atoms with Crippen LogP contribution in [-0.2, 0) is 0 Å². The van der Waals surface area contributed by atoms with Gasteiger partial charge in [0.15, 0.2) is 6.29 Å². The summed E-state index contributed by atoms with van der Waals surface area (Å²) in [5.41, 5.74) is 2.13. The van der Waals surface area contributed by atoms with Crippen LogP contribution in [-0.4, -0.2) is 17.3 Å². The predicted octanol–water partition coefficient (Wildman–Crippen LogP) is -0.192. The molecule has 0 unspecified atom stereocenters. The summed E-state index contributed by atoms with van der Waals surface area (Å²) < 4.78 is 0. The molecule has 0 radical (unpaired) electrons. The highest BCUT2D eigenvalue weighted by atomic mass is 16.3. The third-order valence-corrected chi connectivity index (χ3v) is 1.54. The van der Waals surface area contributed by atoms with Crippen molar-refractivity contribution in [3.63, 3.8) is 0 Å². The fraction of sp³-hybridized carbons (Fsp3) is 0. The summed E-state index contributed by atoms with van der Waals surface area (Å²) in [6.07, 6.45) is 0.476. The van der Waals surface area contributed by atoms with E-state index < -0.39 is 5.91 Å². The second-order valence-electron chi connectivity index (χ2n) is 2.36. The average molecular weight is 180 g/mol. The van der Waals surface area contributed by atoms with Crippen molar-refractivity contribution in [1.82, 2.24) is 5.43 Å². The minimum Gasteiger partial charge on any atom is -0.508 e. The van der Waals surface area contributed by atoms with Gasteiger partial charge in [0.25, 0.3) is 5.91 Å². The molecule has 0 saturated carbocycles. The molecule has 0 bridgehead atoms. The molecule has 0 spiro atoms. The minimum absolute atomic E-state index is 0.0735. The number of carbonyl (C=O) groups excluding carboxylic acids is 2. The lowest BCUT2D eigenvalue weighted by Gasteiger charge is -2.02. The van der Waals surface area contributed by atoms with Crippen LogP contribution in [0.4, 0.5) is 0 Å². The maximum atomic E-state index is 11.0. The zero-order valence-electron chi connectivity index (χ0n) is 6.65. The van der Waals surface area contributed by atoms with Crippen molar-refractivity contribution in [3.8, 4) is 5.75 Å². The highest BCUT2D eigenvalue weighted by Crippen LogP contribution is 2.14. The Balaban J connectivity index is 3.20. The Morgan fingerprint density at radius 3 is 2.77 bits per heavy atom. The monoisotopic (exact) mass is 180 g/mol. The average Bonchev–Trinajstić information content (AvgIpc) is 2.16. The van der Waals surface area contributed by atoms with Gasteiger partial charge in [0.2, 0.25) is 0 Å². The largest absolute Gasteiger partial charge is 0.508 e. The van der Waals surface area contributed by atoms with Crippen molar-refractivity contribution in [1.29, 1.82) is 0 Å². The molecule has 0 atom stereocenters. The first-order chi connectivity index (χ1) is 6.19. The molecule has 5 nitrogen and oxygen atoms in total. The molecular weight excluding hydrogens is 172 g/mol. The zero-order chi connectivity index (χ0) is 9.84. The molecule has 1 amide bonds. The van der Waals surface area contributed by atoms with Crippen LogP contribution >= 0.6 is 0 Å². The van der Waals surface area contributed by atoms with E-state index >= 15 is 0 Å². The SMILES string of the molecule is NNC(=O)c1ccc(O)cc1C=O. The second kappa shape index (κ2) is 3.68. The molecule has 0 aromatic heterocycles. The van der Waals surface area contributed by atoms with Crippen LogP contribution in [0.1, 0.15) is 20.7 Å². The Morgan fingerprint density at radius 1 is 1.54 bits per heavy atom. The molecule has 13 heavy (non-hydrogen) atoms. The number of phenolic OH excluding ortho intramolecular Hbond substituents is 1. The number of nitrogens with one attached hydrogen (secondary N) is 1. The van der Waals surface area contributed by atoms with E-state index in [1.54, 1.807) is 0 Å². The Hall–Kier alpha value is -1.88. The van der Waals surface area contributed by atoms with Crippen molar-refractivity contribution in [2.45, 2.75) is 0 Å². The molecule has 0 fully saturated rings. The number of nitrogens with two attached hydrogens (primary N) is 1. The van der Waals surface area contributed by atoms with Gasteiger partial charge >= 0.3 is 0 Å². The van der Waals surface area contributed by atoms with E-state index in [9.17, 15) is 9.59 Å². The Bertz CT molecular complexity index is 349. The molecule has 1 aromatic carbocycles. The van der Waals surface area contributed by atoms with E-state index in [-0.39, 0.29) is 16.9 Å². The van der Waals surface area contributed by atoms with E-state index in [1.165, 1.54) is 18.2 Å².